The normalized spacial score (nSPS) is 11.8. The van der Waals surface area contributed by atoms with Crippen LogP contribution in [0.2, 0.25) is 10.0 Å². The summed E-state index contributed by atoms with van der Waals surface area (Å²) < 4.78 is 1.87. The molecule has 0 saturated carbocycles. The third-order valence-electron chi connectivity index (χ3n) is 2.09. The lowest BCUT2D eigenvalue weighted by molar-refractivity contribution is 1.12. The number of nitrogens with zero attached hydrogens (tertiary/aromatic N) is 2. The lowest BCUT2D eigenvalue weighted by Gasteiger charge is -2.04. The summed E-state index contributed by atoms with van der Waals surface area (Å²) in [5, 5.41) is 5.22. The molecule has 0 aliphatic carbocycles. The van der Waals surface area contributed by atoms with E-state index in [1.165, 1.54) is 0 Å². The molecule has 2 heterocycles. The fraction of sp³-hybridized carbons (Fsp3) is 0. The summed E-state index contributed by atoms with van der Waals surface area (Å²) >= 11 is 11.7. The smallest absolute Gasteiger partial charge is 0.176 e. The Labute approximate surface area is 84.7 Å². The van der Waals surface area contributed by atoms with Gasteiger partial charge in [0.2, 0.25) is 0 Å². The van der Waals surface area contributed by atoms with Crippen molar-refractivity contribution in [2.75, 3.05) is 0 Å². The average Bonchev–Trinajstić information content (AvgIpc) is 2.70. The van der Waals surface area contributed by atoms with E-state index in [9.17, 15) is 0 Å². The van der Waals surface area contributed by atoms with Crippen molar-refractivity contribution in [2.45, 2.75) is 0 Å². The summed E-state index contributed by atoms with van der Waals surface area (Å²) in [6.45, 7) is 0. The predicted molar refractivity (Wildman–Crippen MR) is 52.6 cm³/mol. The van der Waals surface area contributed by atoms with Crippen molar-refractivity contribution in [3.8, 4) is 17.1 Å². The van der Waals surface area contributed by atoms with Crippen LogP contribution in [-0.4, -0.2) is 9.78 Å². The van der Waals surface area contributed by atoms with Crippen molar-refractivity contribution in [3.05, 3.63) is 34.3 Å². The standard InChI is InChI=1S/C9H4Cl2N2/c10-6-2-1-5(3-7(6)11)8-4-9-12-13(8)9/h1-4H. The Morgan fingerprint density at radius 2 is 1.92 bits per heavy atom. The fourth-order valence-electron chi connectivity index (χ4n) is 1.33. The highest BCUT2D eigenvalue weighted by molar-refractivity contribution is 6.42. The Hall–Kier alpha value is -0.990. The van der Waals surface area contributed by atoms with E-state index in [2.05, 4.69) is 5.10 Å². The van der Waals surface area contributed by atoms with E-state index < -0.39 is 0 Å². The fourth-order valence-corrected chi connectivity index (χ4v) is 1.62. The predicted octanol–water partition coefficient (Wildman–Crippen LogP) is 3.16. The van der Waals surface area contributed by atoms with Crippen molar-refractivity contribution < 1.29 is 0 Å². The quantitative estimate of drug-likeness (QED) is 0.604. The molecule has 2 aliphatic rings. The van der Waals surface area contributed by atoms with Gasteiger partial charge in [0.1, 0.15) is 0 Å². The SMILES string of the molecule is Clc1ccc(-c2cc3nn2-3)cc1Cl. The van der Waals surface area contributed by atoms with Gasteiger partial charge in [-0.15, -0.1) is 5.10 Å². The van der Waals surface area contributed by atoms with Crippen molar-refractivity contribution >= 4 is 23.2 Å². The molecule has 0 fully saturated rings. The highest BCUT2D eigenvalue weighted by atomic mass is 35.5. The maximum absolute atomic E-state index is 5.89. The molecule has 0 saturated heterocycles. The molecule has 0 radical (unpaired) electrons. The molecule has 0 N–H and O–H groups in total. The molecule has 0 unspecified atom stereocenters. The first-order chi connectivity index (χ1) is 6.25. The minimum atomic E-state index is 0.579. The van der Waals surface area contributed by atoms with Crippen molar-refractivity contribution in [3.63, 3.8) is 0 Å². The molecule has 1 aromatic carbocycles. The van der Waals surface area contributed by atoms with Gasteiger partial charge in [0.15, 0.2) is 5.82 Å². The zero-order valence-electron chi connectivity index (χ0n) is 6.46. The Morgan fingerprint density at radius 1 is 1.08 bits per heavy atom. The lowest BCUT2D eigenvalue weighted by Crippen LogP contribution is -1.90. The van der Waals surface area contributed by atoms with Crippen LogP contribution in [0.3, 0.4) is 0 Å². The van der Waals surface area contributed by atoms with Gasteiger partial charge in [-0.2, -0.15) is 0 Å². The molecule has 0 aromatic heterocycles. The molecule has 2 nitrogen and oxygen atoms in total. The summed E-state index contributed by atoms with van der Waals surface area (Å²) in [5.74, 6) is 1.04. The first kappa shape index (κ1) is 7.42. The Morgan fingerprint density at radius 3 is 2.46 bits per heavy atom. The maximum atomic E-state index is 5.89. The monoisotopic (exact) mass is 210 g/mol. The molecule has 13 heavy (non-hydrogen) atoms. The molecule has 3 rings (SSSR count). The Kier molecular flexibility index (Phi) is 1.30. The summed E-state index contributed by atoms with van der Waals surface area (Å²) in [4.78, 5) is 0. The minimum absolute atomic E-state index is 0.579. The van der Waals surface area contributed by atoms with Gasteiger partial charge >= 0.3 is 0 Å². The summed E-state index contributed by atoms with van der Waals surface area (Å²) in [6.07, 6.45) is 0. The van der Waals surface area contributed by atoms with Gasteiger partial charge in [0, 0.05) is 11.6 Å². The number of halogens is 2. The van der Waals surface area contributed by atoms with Crippen LogP contribution < -0.4 is 0 Å². The number of rotatable bonds is 1. The van der Waals surface area contributed by atoms with Gasteiger partial charge < -0.3 is 0 Å². The zero-order chi connectivity index (χ0) is 9.00. The van der Waals surface area contributed by atoms with Crippen LogP contribution in [-0.2, 0) is 0 Å². The van der Waals surface area contributed by atoms with Gasteiger partial charge in [-0.1, -0.05) is 29.3 Å². The van der Waals surface area contributed by atoms with E-state index in [1.807, 2.05) is 22.9 Å². The van der Waals surface area contributed by atoms with Crippen LogP contribution in [0.15, 0.2) is 24.3 Å². The van der Waals surface area contributed by atoms with E-state index in [4.69, 9.17) is 23.2 Å². The maximum Gasteiger partial charge on any atom is 0.176 e. The number of hydrogen-bond acceptors (Lipinski definition) is 1. The van der Waals surface area contributed by atoms with Crippen molar-refractivity contribution in [1.82, 2.24) is 9.78 Å². The molecule has 64 valence electrons. The molecular formula is C9H4Cl2N2. The van der Waals surface area contributed by atoms with E-state index in [1.54, 1.807) is 6.07 Å². The van der Waals surface area contributed by atoms with E-state index >= 15 is 0 Å². The largest absolute Gasteiger partial charge is 0.211 e. The van der Waals surface area contributed by atoms with Crippen LogP contribution in [0, 0.1) is 0 Å². The van der Waals surface area contributed by atoms with Gasteiger partial charge in [-0.3, -0.25) is 0 Å². The Balaban J connectivity index is 2.12. The second kappa shape index (κ2) is 2.28. The molecule has 1 aromatic rings. The number of hydrogen-bond donors (Lipinski definition) is 0. The molecule has 0 atom stereocenters. The summed E-state index contributed by atoms with van der Waals surface area (Å²) in [6, 6.07) is 7.59. The second-order valence-electron chi connectivity index (χ2n) is 2.93. The third kappa shape index (κ3) is 0.992. The van der Waals surface area contributed by atoms with Crippen LogP contribution in [0.1, 0.15) is 0 Å². The first-order valence-electron chi connectivity index (χ1n) is 3.81. The molecule has 2 aliphatic heterocycles. The number of aromatic nitrogens is 2. The van der Waals surface area contributed by atoms with Crippen molar-refractivity contribution in [1.29, 1.82) is 0 Å². The van der Waals surface area contributed by atoms with Crippen LogP contribution >= 0.6 is 23.2 Å². The summed E-state index contributed by atoms with van der Waals surface area (Å²) in [5.41, 5.74) is 2.15. The minimum Gasteiger partial charge on any atom is -0.211 e. The average molecular weight is 211 g/mol. The molecule has 4 heteroatoms. The number of fused-ring (bicyclic) bond motifs is 1. The van der Waals surface area contributed by atoms with E-state index in [0.717, 1.165) is 17.1 Å². The van der Waals surface area contributed by atoms with Crippen LogP contribution in [0.25, 0.3) is 17.1 Å². The Bertz CT molecular complexity index is 502. The molecule has 0 bridgehead atoms. The van der Waals surface area contributed by atoms with Gasteiger partial charge in [0.05, 0.1) is 15.7 Å². The molecule has 0 amide bonds. The lowest BCUT2D eigenvalue weighted by atomic mass is 10.1. The topological polar surface area (TPSA) is 17.8 Å². The second-order valence-corrected chi connectivity index (χ2v) is 3.74. The van der Waals surface area contributed by atoms with E-state index in [0.29, 0.717) is 10.0 Å². The zero-order valence-corrected chi connectivity index (χ0v) is 7.97. The molecule has 0 spiro atoms. The highest BCUT2D eigenvalue weighted by Gasteiger charge is 2.24. The van der Waals surface area contributed by atoms with Crippen LogP contribution in [0.5, 0.6) is 0 Å². The summed E-state index contributed by atoms with van der Waals surface area (Å²) in [7, 11) is 0. The first-order valence-corrected chi connectivity index (χ1v) is 4.57. The molecular weight excluding hydrogens is 207 g/mol. The van der Waals surface area contributed by atoms with Crippen LogP contribution in [0.4, 0.5) is 0 Å². The van der Waals surface area contributed by atoms with E-state index in [-0.39, 0.29) is 0 Å². The van der Waals surface area contributed by atoms with Gasteiger partial charge in [0.25, 0.3) is 0 Å². The number of benzene rings is 1. The van der Waals surface area contributed by atoms with Gasteiger partial charge in [-0.25, -0.2) is 4.68 Å². The van der Waals surface area contributed by atoms with Crippen molar-refractivity contribution in [2.24, 2.45) is 0 Å². The van der Waals surface area contributed by atoms with Gasteiger partial charge in [-0.05, 0) is 12.1 Å². The highest BCUT2D eigenvalue weighted by Crippen LogP contribution is 2.35. The third-order valence-corrected chi connectivity index (χ3v) is 2.83.